The second-order valence-corrected chi connectivity index (χ2v) is 5.92. The van der Waals surface area contributed by atoms with Crippen LogP contribution in [-0.2, 0) is 22.6 Å². The van der Waals surface area contributed by atoms with Crippen LogP contribution in [0.15, 0.2) is 41.8 Å². The summed E-state index contributed by atoms with van der Waals surface area (Å²) in [5.41, 5.74) is 1.68. The highest BCUT2D eigenvalue weighted by molar-refractivity contribution is 7.09. The molecule has 1 aromatic heterocycles. The minimum Gasteiger partial charge on any atom is -0.340 e. The lowest BCUT2D eigenvalue weighted by molar-refractivity contribution is -0.129. The average molecular weight is 302 g/mol. The van der Waals surface area contributed by atoms with Gasteiger partial charge in [0.1, 0.15) is 0 Å². The highest BCUT2D eigenvalue weighted by Gasteiger charge is 2.10. The number of nitrogens with one attached hydrogen (secondary N) is 1. The zero-order chi connectivity index (χ0) is 15.2. The maximum atomic E-state index is 12.2. The number of hydrogen-bond donors (Lipinski definition) is 1. The minimum absolute atomic E-state index is 0.0793. The van der Waals surface area contributed by atoms with Crippen LogP contribution in [0.1, 0.15) is 17.4 Å². The van der Waals surface area contributed by atoms with Gasteiger partial charge in [-0.2, -0.15) is 0 Å². The molecule has 5 heteroatoms. The van der Waals surface area contributed by atoms with Gasteiger partial charge in [-0.05, 0) is 29.1 Å². The Balaban J connectivity index is 1.91. The molecule has 0 spiro atoms. The number of carbonyl (C=O) groups excluding carboxylic acids is 2. The van der Waals surface area contributed by atoms with Crippen molar-refractivity contribution >= 4 is 28.8 Å². The van der Waals surface area contributed by atoms with Gasteiger partial charge in [0, 0.05) is 24.5 Å². The number of thiophene rings is 1. The van der Waals surface area contributed by atoms with Crippen molar-refractivity contribution in [1.29, 1.82) is 0 Å². The number of likely N-dealkylation sites (N-methyl/N-ethyl adjacent to an activating group) is 1. The first-order valence-electron chi connectivity index (χ1n) is 6.67. The summed E-state index contributed by atoms with van der Waals surface area (Å²) in [6.07, 6.45) is 0.363. The van der Waals surface area contributed by atoms with Crippen LogP contribution >= 0.6 is 11.3 Å². The first kappa shape index (κ1) is 15.3. The van der Waals surface area contributed by atoms with Crippen LogP contribution in [-0.4, -0.2) is 23.8 Å². The molecule has 0 fully saturated rings. The van der Waals surface area contributed by atoms with E-state index in [4.69, 9.17) is 0 Å². The molecule has 0 aliphatic rings. The normalized spacial score (nSPS) is 10.2. The van der Waals surface area contributed by atoms with Crippen molar-refractivity contribution in [3.8, 4) is 0 Å². The fourth-order valence-electron chi connectivity index (χ4n) is 1.94. The molecule has 4 nitrogen and oxygen atoms in total. The molecule has 0 unspecified atom stereocenters. The van der Waals surface area contributed by atoms with Crippen LogP contribution < -0.4 is 5.32 Å². The summed E-state index contributed by atoms with van der Waals surface area (Å²) in [4.78, 5) is 26.0. The molecule has 0 saturated carbocycles. The van der Waals surface area contributed by atoms with Gasteiger partial charge in [0.25, 0.3) is 0 Å². The van der Waals surface area contributed by atoms with E-state index in [1.807, 2.05) is 48.8 Å². The summed E-state index contributed by atoms with van der Waals surface area (Å²) in [6.45, 7) is 2.11. The largest absolute Gasteiger partial charge is 0.340 e. The Morgan fingerprint density at radius 3 is 2.48 bits per heavy atom. The van der Waals surface area contributed by atoms with E-state index in [0.717, 1.165) is 11.3 Å². The molecule has 1 heterocycles. The predicted molar refractivity (Wildman–Crippen MR) is 85.2 cm³/mol. The maximum absolute atomic E-state index is 12.2. The first-order chi connectivity index (χ1) is 10.0. The fraction of sp³-hybridized carbons (Fsp3) is 0.250. The molecule has 1 N–H and O–H groups in total. The second kappa shape index (κ2) is 7.04. The minimum atomic E-state index is -0.102. The molecule has 110 valence electrons. The first-order valence-corrected chi connectivity index (χ1v) is 7.55. The van der Waals surface area contributed by atoms with Crippen molar-refractivity contribution < 1.29 is 9.59 Å². The van der Waals surface area contributed by atoms with Crippen molar-refractivity contribution in [3.05, 3.63) is 52.2 Å². The van der Waals surface area contributed by atoms with Gasteiger partial charge < -0.3 is 10.2 Å². The molecular formula is C16H18N2O2S. The third-order valence-electron chi connectivity index (χ3n) is 3.03. The van der Waals surface area contributed by atoms with E-state index >= 15 is 0 Å². The second-order valence-electron chi connectivity index (χ2n) is 4.88. The zero-order valence-electron chi connectivity index (χ0n) is 12.1. The standard InChI is InChI=1S/C16H18N2O2S/c1-12(19)17-14-7-5-13(6-8-14)10-16(20)18(2)11-15-4-3-9-21-15/h3-9H,10-11H2,1-2H3,(H,17,19). The molecule has 0 radical (unpaired) electrons. The topological polar surface area (TPSA) is 49.4 Å². The van der Waals surface area contributed by atoms with E-state index in [2.05, 4.69) is 5.32 Å². The van der Waals surface area contributed by atoms with E-state index in [1.165, 1.54) is 11.8 Å². The Bertz CT molecular complexity index is 606. The number of amides is 2. The summed E-state index contributed by atoms with van der Waals surface area (Å²) < 4.78 is 0. The maximum Gasteiger partial charge on any atom is 0.227 e. The Morgan fingerprint density at radius 2 is 1.90 bits per heavy atom. The van der Waals surface area contributed by atoms with E-state index in [-0.39, 0.29) is 11.8 Å². The lowest BCUT2D eigenvalue weighted by Crippen LogP contribution is -2.27. The summed E-state index contributed by atoms with van der Waals surface area (Å²) in [5, 5.41) is 4.71. The molecule has 0 atom stereocenters. The Morgan fingerprint density at radius 1 is 1.19 bits per heavy atom. The third-order valence-corrected chi connectivity index (χ3v) is 3.89. The van der Waals surface area contributed by atoms with Crippen molar-refractivity contribution in [2.75, 3.05) is 12.4 Å². The van der Waals surface area contributed by atoms with Gasteiger partial charge in [-0.1, -0.05) is 18.2 Å². The molecular weight excluding hydrogens is 284 g/mol. The van der Waals surface area contributed by atoms with Crippen LogP contribution in [0.25, 0.3) is 0 Å². The molecule has 0 bridgehead atoms. The molecule has 21 heavy (non-hydrogen) atoms. The highest BCUT2D eigenvalue weighted by Crippen LogP contribution is 2.13. The van der Waals surface area contributed by atoms with Gasteiger partial charge in [-0.3, -0.25) is 9.59 Å². The number of nitrogens with zero attached hydrogens (tertiary/aromatic N) is 1. The molecule has 0 aliphatic heterocycles. The molecule has 0 aliphatic carbocycles. The number of carbonyl (C=O) groups is 2. The molecule has 1 aromatic carbocycles. The predicted octanol–water partition coefficient (Wildman–Crippen LogP) is 2.91. The molecule has 0 saturated heterocycles. The summed E-state index contributed by atoms with van der Waals surface area (Å²) >= 11 is 1.65. The van der Waals surface area contributed by atoms with E-state index in [1.54, 1.807) is 16.2 Å². The van der Waals surface area contributed by atoms with Crippen molar-refractivity contribution in [3.63, 3.8) is 0 Å². The third kappa shape index (κ3) is 4.72. The van der Waals surface area contributed by atoms with Gasteiger partial charge in [0.15, 0.2) is 0 Å². The number of rotatable bonds is 5. The summed E-state index contributed by atoms with van der Waals surface area (Å²) in [7, 11) is 1.81. The van der Waals surface area contributed by atoms with Crippen LogP contribution in [0.4, 0.5) is 5.69 Å². The Hall–Kier alpha value is -2.14. The average Bonchev–Trinajstić information content (AvgIpc) is 2.93. The van der Waals surface area contributed by atoms with Gasteiger partial charge in [0.05, 0.1) is 13.0 Å². The lowest BCUT2D eigenvalue weighted by atomic mass is 10.1. The molecule has 2 amide bonds. The monoisotopic (exact) mass is 302 g/mol. The van der Waals surface area contributed by atoms with E-state index < -0.39 is 0 Å². The Labute approximate surface area is 128 Å². The fourth-order valence-corrected chi connectivity index (χ4v) is 2.70. The van der Waals surface area contributed by atoms with Crippen LogP contribution in [0.2, 0.25) is 0 Å². The zero-order valence-corrected chi connectivity index (χ0v) is 12.9. The van der Waals surface area contributed by atoms with Crippen molar-refractivity contribution in [1.82, 2.24) is 4.90 Å². The van der Waals surface area contributed by atoms with Gasteiger partial charge in [0.2, 0.25) is 11.8 Å². The van der Waals surface area contributed by atoms with Crippen molar-refractivity contribution in [2.24, 2.45) is 0 Å². The van der Waals surface area contributed by atoms with Gasteiger partial charge in [-0.25, -0.2) is 0 Å². The quantitative estimate of drug-likeness (QED) is 0.923. The van der Waals surface area contributed by atoms with E-state index in [9.17, 15) is 9.59 Å². The van der Waals surface area contributed by atoms with E-state index in [0.29, 0.717) is 13.0 Å². The van der Waals surface area contributed by atoms with Gasteiger partial charge in [-0.15, -0.1) is 11.3 Å². The van der Waals surface area contributed by atoms with Crippen LogP contribution in [0, 0.1) is 0 Å². The molecule has 2 rings (SSSR count). The highest BCUT2D eigenvalue weighted by atomic mass is 32.1. The lowest BCUT2D eigenvalue weighted by Gasteiger charge is -2.16. The number of anilines is 1. The number of hydrogen-bond acceptors (Lipinski definition) is 3. The van der Waals surface area contributed by atoms with Gasteiger partial charge >= 0.3 is 0 Å². The molecule has 2 aromatic rings. The SMILES string of the molecule is CC(=O)Nc1ccc(CC(=O)N(C)Cc2cccs2)cc1. The summed E-state index contributed by atoms with van der Waals surface area (Å²) in [5.74, 6) is -0.0230. The van der Waals surface area contributed by atoms with Crippen molar-refractivity contribution in [2.45, 2.75) is 19.9 Å². The number of benzene rings is 1. The summed E-state index contributed by atoms with van der Waals surface area (Å²) in [6, 6.07) is 11.4. The van der Waals surface area contributed by atoms with Crippen LogP contribution in [0.5, 0.6) is 0 Å². The van der Waals surface area contributed by atoms with Crippen LogP contribution in [0.3, 0.4) is 0 Å². The Kier molecular flexibility index (Phi) is 5.11. The smallest absolute Gasteiger partial charge is 0.227 e.